The maximum atomic E-state index is 13.3. The summed E-state index contributed by atoms with van der Waals surface area (Å²) in [6, 6.07) is 0.453. The van der Waals surface area contributed by atoms with Crippen molar-refractivity contribution in [2.75, 3.05) is 45.8 Å². The van der Waals surface area contributed by atoms with E-state index in [4.69, 9.17) is 4.84 Å². The zero-order valence-electron chi connectivity index (χ0n) is 24.1. The molecule has 7 nitrogen and oxygen atoms in total. The highest BCUT2D eigenvalue weighted by molar-refractivity contribution is 5.76. The fourth-order valence-electron chi connectivity index (χ4n) is 8.28. The number of piperazine rings is 1. The van der Waals surface area contributed by atoms with E-state index in [1.165, 1.54) is 71.0 Å². The number of nitrogens with one attached hydrogen (secondary N) is 1. The minimum atomic E-state index is 0.385. The number of carbonyl (C=O) groups excluding carboxylic acids is 1. The first-order valence-electron chi connectivity index (χ1n) is 15.9. The summed E-state index contributed by atoms with van der Waals surface area (Å²) in [6.45, 7) is 14.8. The molecule has 0 aromatic carbocycles. The summed E-state index contributed by atoms with van der Waals surface area (Å²) in [5.41, 5.74) is 3.89. The van der Waals surface area contributed by atoms with Gasteiger partial charge in [0.05, 0.1) is 25.7 Å². The summed E-state index contributed by atoms with van der Waals surface area (Å²) >= 11 is 0. The van der Waals surface area contributed by atoms with Gasteiger partial charge >= 0.3 is 0 Å². The van der Waals surface area contributed by atoms with Crippen molar-refractivity contribution in [2.24, 2.45) is 29.1 Å². The quantitative estimate of drug-likeness (QED) is 0.499. The second kappa shape index (κ2) is 12.6. The zero-order valence-corrected chi connectivity index (χ0v) is 24.1. The van der Waals surface area contributed by atoms with E-state index in [-0.39, 0.29) is 0 Å². The summed E-state index contributed by atoms with van der Waals surface area (Å²) < 4.78 is 0. The number of amides is 1. The highest BCUT2D eigenvalue weighted by Gasteiger charge is 2.40. The summed E-state index contributed by atoms with van der Waals surface area (Å²) in [4.78, 5) is 24.3. The topological polar surface area (TPSA) is 78.0 Å². The van der Waals surface area contributed by atoms with Crippen LogP contribution in [0.5, 0.6) is 0 Å². The van der Waals surface area contributed by atoms with Crippen molar-refractivity contribution in [3.05, 3.63) is 0 Å². The summed E-state index contributed by atoms with van der Waals surface area (Å²) in [7, 11) is 0. The smallest absolute Gasteiger partial charge is 0.222 e. The van der Waals surface area contributed by atoms with Crippen LogP contribution in [0.15, 0.2) is 0 Å². The Hall–Kier alpha value is -0.730. The van der Waals surface area contributed by atoms with Crippen LogP contribution >= 0.6 is 0 Å². The predicted octanol–water partition coefficient (Wildman–Crippen LogP) is 1.70. The van der Waals surface area contributed by atoms with Crippen molar-refractivity contribution < 1.29 is 20.3 Å². The Morgan fingerprint density at radius 2 is 1.73 bits per heavy atom. The molecule has 5 rings (SSSR count). The SMILES string of the molecule is CC(C)(C)C1CCC(C2CC(CC3C[NH2+]CCC3CC(=O)N3CCN(C4CCCC[NH2+]4)CC3)NO2)CC1. The third kappa shape index (κ3) is 7.27. The molecule has 0 aromatic rings. The number of nitrogens with zero attached hydrogens (tertiary/aromatic N) is 2. The van der Waals surface area contributed by atoms with Crippen molar-refractivity contribution in [1.29, 1.82) is 0 Å². The van der Waals surface area contributed by atoms with Gasteiger partial charge in [0, 0.05) is 57.4 Å². The molecule has 0 radical (unpaired) electrons. The molecule has 4 saturated heterocycles. The first-order chi connectivity index (χ1) is 17.9. The van der Waals surface area contributed by atoms with Gasteiger partial charge in [-0.25, -0.2) is 0 Å². The third-order valence-electron chi connectivity index (χ3n) is 10.9. The van der Waals surface area contributed by atoms with Crippen LogP contribution in [-0.2, 0) is 9.63 Å². The Balaban J connectivity index is 1.05. The van der Waals surface area contributed by atoms with Gasteiger partial charge in [-0.15, -0.1) is 0 Å². The van der Waals surface area contributed by atoms with Crippen LogP contribution in [0.4, 0.5) is 0 Å². The van der Waals surface area contributed by atoms with E-state index >= 15 is 0 Å². The molecule has 0 spiro atoms. The predicted molar refractivity (Wildman–Crippen MR) is 146 cm³/mol. The monoisotopic (exact) mass is 519 g/mol. The molecule has 5 N–H and O–H groups in total. The van der Waals surface area contributed by atoms with Gasteiger partial charge in [0.1, 0.15) is 6.17 Å². The third-order valence-corrected chi connectivity index (χ3v) is 10.9. The van der Waals surface area contributed by atoms with Gasteiger partial charge < -0.3 is 15.5 Å². The van der Waals surface area contributed by atoms with Crippen molar-refractivity contribution in [3.63, 3.8) is 0 Å². The first-order valence-corrected chi connectivity index (χ1v) is 15.9. The molecule has 5 fully saturated rings. The molecular formula is C30H57N5O2+2. The van der Waals surface area contributed by atoms with Gasteiger partial charge in [-0.1, -0.05) is 20.8 Å². The fourth-order valence-corrected chi connectivity index (χ4v) is 8.28. The van der Waals surface area contributed by atoms with Crippen LogP contribution in [-0.4, -0.2) is 79.8 Å². The lowest BCUT2D eigenvalue weighted by molar-refractivity contribution is -0.717. The van der Waals surface area contributed by atoms with Gasteiger partial charge in [-0.05, 0) is 74.5 Å². The van der Waals surface area contributed by atoms with E-state index in [0.717, 1.165) is 57.3 Å². The second-order valence-corrected chi connectivity index (χ2v) is 14.3. The maximum Gasteiger partial charge on any atom is 0.222 e. The number of rotatable bonds is 6. The Morgan fingerprint density at radius 1 is 0.946 bits per heavy atom. The van der Waals surface area contributed by atoms with Crippen LogP contribution in [0.2, 0.25) is 0 Å². The molecule has 5 aliphatic rings. The largest absolute Gasteiger partial charge is 0.346 e. The summed E-state index contributed by atoms with van der Waals surface area (Å²) in [5, 5.41) is 5.00. The van der Waals surface area contributed by atoms with Crippen LogP contribution < -0.4 is 16.1 Å². The lowest BCUT2D eigenvalue weighted by Crippen LogP contribution is -2.95. The lowest BCUT2D eigenvalue weighted by atomic mass is 9.68. The number of piperidine rings is 2. The minimum absolute atomic E-state index is 0.385. The molecule has 4 heterocycles. The molecule has 0 aromatic heterocycles. The molecule has 0 bridgehead atoms. The Bertz CT molecular complexity index is 720. The normalized spacial score (nSPS) is 38.6. The van der Waals surface area contributed by atoms with Crippen LogP contribution in [0.1, 0.15) is 91.4 Å². The van der Waals surface area contributed by atoms with E-state index in [9.17, 15) is 4.79 Å². The highest BCUT2D eigenvalue weighted by Crippen LogP contribution is 2.42. The van der Waals surface area contributed by atoms with Gasteiger partial charge in [0.15, 0.2) is 0 Å². The highest BCUT2D eigenvalue weighted by atomic mass is 16.7. The Labute approximate surface area is 226 Å². The zero-order chi connectivity index (χ0) is 25.8. The average Bonchev–Trinajstić information content (AvgIpc) is 3.38. The van der Waals surface area contributed by atoms with E-state index < -0.39 is 0 Å². The number of hydroxylamine groups is 1. The molecule has 5 unspecified atom stereocenters. The van der Waals surface area contributed by atoms with Crippen molar-refractivity contribution >= 4 is 5.91 Å². The van der Waals surface area contributed by atoms with Crippen molar-refractivity contribution in [2.45, 2.75) is 110 Å². The fraction of sp³-hybridized carbons (Fsp3) is 0.967. The number of hydrogen-bond acceptors (Lipinski definition) is 4. The lowest BCUT2D eigenvalue weighted by Gasteiger charge is -2.40. The van der Waals surface area contributed by atoms with Crippen molar-refractivity contribution in [3.8, 4) is 0 Å². The molecule has 5 atom stereocenters. The van der Waals surface area contributed by atoms with Crippen LogP contribution in [0.3, 0.4) is 0 Å². The Morgan fingerprint density at radius 3 is 2.43 bits per heavy atom. The maximum absolute atomic E-state index is 13.3. The molecule has 37 heavy (non-hydrogen) atoms. The summed E-state index contributed by atoms with van der Waals surface area (Å²) in [5.74, 6) is 3.14. The van der Waals surface area contributed by atoms with E-state index in [0.29, 0.717) is 41.5 Å². The van der Waals surface area contributed by atoms with Gasteiger partial charge in [-0.2, -0.15) is 5.48 Å². The van der Waals surface area contributed by atoms with Gasteiger partial charge in [0.2, 0.25) is 5.91 Å². The number of hydrogen-bond donors (Lipinski definition) is 3. The van der Waals surface area contributed by atoms with Gasteiger partial charge in [0.25, 0.3) is 0 Å². The number of quaternary nitrogens is 2. The first kappa shape index (κ1) is 27.8. The standard InChI is InChI=1S/C30H55N5O2/c1-30(2,3)25-9-7-22(8-10-25)27-20-26(33-37-27)18-24-21-31-13-11-23(24)19-29(36)35-16-14-34(15-17-35)28-6-4-5-12-32-28/h22-28,31-33H,4-21H2,1-3H3/p+2. The van der Waals surface area contributed by atoms with Crippen LogP contribution in [0.25, 0.3) is 0 Å². The van der Waals surface area contributed by atoms with Crippen LogP contribution in [0, 0.1) is 29.1 Å². The Kier molecular flexibility index (Phi) is 9.50. The summed E-state index contributed by atoms with van der Waals surface area (Å²) in [6.07, 6.45) is 14.7. The molecule has 1 saturated carbocycles. The van der Waals surface area contributed by atoms with Crippen molar-refractivity contribution in [1.82, 2.24) is 15.3 Å². The molecule has 7 heteroatoms. The molecular weight excluding hydrogens is 462 g/mol. The van der Waals surface area contributed by atoms with Gasteiger partial charge in [-0.3, -0.25) is 14.5 Å². The second-order valence-electron chi connectivity index (χ2n) is 14.3. The molecule has 1 aliphatic carbocycles. The molecule has 212 valence electrons. The number of nitrogens with two attached hydrogens (primary N) is 2. The molecule has 1 amide bonds. The van der Waals surface area contributed by atoms with E-state index in [1.54, 1.807) is 0 Å². The number of carbonyl (C=O) groups is 1. The molecule has 4 aliphatic heterocycles. The minimum Gasteiger partial charge on any atom is -0.346 e. The van der Waals surface area contributed by atoms with E-state index in [2.05, 4.69) is 46.7 Å². The van der Waals surface area contributed by atoms with E-state index in [1.807, 2.05) is 0 Å². The average molecular weight is 520 g/mol.